The minimum Gasteiger partial charge on any atom is -0.257 e. The molecule has 14 heavy (non-hydrogen) atoms. The fourth-order valence-electron chi connectivity index (χ4n) is 1.18. The lowest BCUT2D eigenvalue weighted by molar-refractivity contribution is -0.382. The third-order valence-electron chi connectivity index (χ3n) is 1.76. The number of hydrogen-bond donors (Lipinski definition) is 0. The highest BCUT2D eigenvalue weighted by Crippen LogP contribution is 2.38. The molecule has 0 saturated heterocycles. The summed E-state index contributed by atoms with van der Waals surface area (Å²) < 4.78 is 13.9. The first-order chi connectivity index (χ1) is 6.61. The van der Waals surface area contributed by atoms with E-state index in [0.29, 0.717) is 4.70 Å². The predicted octanol–water partition coefficient (Wildman–Crippen LogP) is 3.60. The Bertz CT molecular complexity index is 525. The molecule has 1 aromatic carbocycles. The van der Waals surface area contributed by atoms with Gasteiger partial charge in [0.05, 0.1) is 15.3 Å². The monoisotopic (exact) mass is 231 g/mol. The van der Waals surface area contributed by atoms with E-state index in [4.69, 9.17) is 11.6 Å². The average molecular weight is 232 g/mol. The summed E-state index contributed by atoms with van der Waals surface area (Å²) in [5.74, 6) is -0.847. The molecule has 0 saturated carbocycles. The summed E-state index contributed by atoms with van der Waals surface area (Å²) in [5.41, 5.74) is 0. The molecule has 0 aliphatic rings. The van der Waals surface area contributed by atoms with Crippen LogP contribution in [0.4, 0.5) is 9.39 Å². The van der Waals surface area contributed by atoms with Gasteiger partial charge < -0.3 is 0 Å². The lowest BCUT2D eigenvalue weighted by Gasteiger charge is -1.90. The molecule has 2 rings (SSSR count). The predicted molar refractivity (Wildman–Crippen MR) is 53.4 cm³/mol. The molecule has 1 heterocycles. The summed E-state index contributed by atoms with van der Waals surface area (Å²) in [6.07, 6.45) is 0. The van der Waals surface area contributed by atoms with Crippen LogP contribution in [0.15, 0.2) is 18.2 Å². The molecule has 3 nitrogen and oxygen atoms in total. The Morgan fingerprint density at radius 3 is 2.79 bits per heavy atom. The fraction of sp³-hybridized carbons (Fsp3) is 0. The Labute approximate surface area is 86.9 Å². The average Bonchev–Trinajstić information content (AvgIpc) is 2.45. The third kappa shape index (κ3) is 1.25. The summed E-state index contributed by atoms with van der Waals surface area (Å²) in [4.78, 5) is 9.70. The van der Waals surface area contributed by atoms with Crippen molar-refractivity contribution in [3.63, 3.8) is 0 Å². The normalized spacial score (nSPS) is 10.7. The van der Waals surface area contributed by atoms with Crippen LogP contribution in [-0.4, -0.2) is 4.92 Å². The lowest BCUT2D eigenvalue weighted by atomic mass is 10.2. The topological polar surface area (TPSA) is 43.1 Å². The minimum absolute atomic E-state index is 0.130. The van der Waals surface area contributed by atoms with Gasteiger partial charge in [-0.2, -0.15) is 4.39 Å². The Morgan fingerprint density at radius 1 is 1.50 bits per heavy atom. The molecular weight excluding hydrogens is 229 g/mol. The van der Waals surface area contributed by atoms with Crippen molar-refractivity contribution in [1.82, 2.24) is 0 Å². The molecular formula is C8H3ClFNO2S. The Kier molecular flexibility index (Phi) is 2.13. The van der Waals surface area contributed by atoms with Gasteiger partial charge >= 0.3 is 5.00 Å². The van der Waals surface area contributed by atoms with Gasteiger partial charge in [-0.05, 0) is 12.1 Å². The molecule has 0 aliphatic heterocycles. The van der Waals surface area contributed by atoms with E-state index in [1.807, 2.05) is 0 Å². The van der Waals surface area contributed by atoms with Crippen LogP contribution in [0.25, 0.3) is 10.1 Å². The highest BCUT2D eigenvalue weighted by atomic mass is 35.5. The standard InChI is InChI=1S/C8H3ClFNO2S/c9-4-2-1-3-5-6(4)7(10)8(14-5)11(12)13/h1-3H. The van der Waals surface area contributed by atoms with Gasteiger partial charge in [-0.25, -0.2) is 0 Å². The smallest absolute Gasteiger partial charge is 0.257 e. The number of nitro groups is 1. The van der Waals surface area contributed by atoms with Crippen LogP contribution in [-0.2, 0) is 0 Å². The van der Waals surface area contributed by atoms with Gasteiger partial charge in [0, 0.05) is 4.70 Å². The van der Waals surface area contributed by atoms with E-state index >= 15 is 0 Å². The Balaban J connectivity index is 2.87. The molecule has 0 fully saturated rings. The first kappa shape index (κ1) is 9.36. The molecule has 6 heteroatoms. The van der Waals surface area contributed by atoms with Gasteiger partial charge in [0.1, 0.15) is 0 Å². The van der Waals surface area contributed by atoms with Crippen LogP contribution in [0.3, 0.4) is 0 Å². The number of halogens is 2. The zero-order valence-corrected chi connectivity index (χ0v) is 8.23. The van der Waals surface area contributed by atoms with Gasteiger partial charge in [-0.15, -0.1) is 0 Å². The number of fused-ring (bicyclic) bond motifs is 1. The number of rotatable bonds is 1. The van der Waals surface area contributed by atoms with Crippen LogP contribution in [0.1, 0.15) is 0 Å². The maximum atomic E-state index is 13.4. The summed E-state index contributed by atoms with van der Waals surface area (Å²) in [6, 6.07) is 4.73. The molecule has 0 unspecified atom stereocenters. The lowest BCUT2D eigenvalue weighted by Crippen LogP contribution is -1.86. The second-order valence-electron chi connectivity index (χ2n) is 2.59. The Morgan fingerprint density at radius 2 is 2.21 bits per heavy atom. The van der Waals surface area contributed by atoms with Gasteiger partial charge in [0.25, 0.3) is 0 Å². The third-order valence-corrected chi connectivity index (χ3v) is 3.15. The molecule has 0 atom stereocenters. The van der Waals surface area contributed by atoms with E-state index in [1.54, 1.807) is 12.1 Å². The van der Waals surface area contributed by atoms with Crippen LogP contribution in [0, 0.1) is 15.9 Å². The summed E-state index contributed by atoms with van der Waals surface area (Å²) >= 11 is 6.51. The molecule has 0 spiro atoms. The molecule has 0 bridgehead atoms. The quantitative estimate of drug-likeness (QED) is 0.556. The molecule has 0 radical (unpaired) electrons. The van der Waals surface area contributed by atoms with E-state index in [1.165, 1.54) is 6.07 Å². The van der Waals surface area contributed by atoms with Crippen molar-refractivity contribution < 1.29 is 9.31 Å². The van der Waals surface area contributed by atoms with Gasteiger partial charge in [-0.1, -0.05) is 29.0 Å². The molecule has 0 amide bonds. The van der Waals surface area contributed by atoms with Crippen LogP contribution in [0.5, 0.6) is 0 Å². The zero-order valence-electron chi connectivity index (χ0n) is 6.66. The number of thiophene rings is 1. The number of nitrogens with zero attached hydrogens (tertiary/aromatic N) is 1. The molecule has 0 aliphatic carbocycles. The van der Waals surface area contributed by atoms with Crippen molar-refractivity contribution >= 4 is 38.0 Å². The highest BCUT2D eigenvalue weighted by Gasteiger charge is 2.22. The Hall–Kier alpha value is -1.20. The van der Waals surface area contributed by atoms with Crippen molar-refractivity contribution in [2.75, 3.05) is 0 Å². The molecule has 0 N–H and O–H groups in total. The molecule has 2 aromatic rings. The maximum Gasteiger partial charge on any atom is 0.360 e. The van der Waals surface area contributed by atoms with E-state index in [2.05, 4.69) is 0 Å². The minimum atomic E-state index is -0.847. The fourth-order valence-corrected chi connectivity index (χ4v) is 2.41. The van der Waals surface area contributed by atoms with E-state index in [9.17, 15) is 14.5 Å². The molecule has 1 aromatic heterocycles. The zero-order chi connectivity index (χ0) is 10.3. The summed E-state index contributed by atoms with van der Waals surface area (Å²) in [7, 11) is 0. The van der Waals surface area contributed by atoms with Gasteiger partial charge in [-0.3, -0.25) is 10.1 Å². The van der Waals surface area contributed by atoms with Crippen molar-refractivity contribution in [3.8, 4) is 0 Å². The SMILES string of the molecule is O=[N+]([O-])c1sc2cccc(Cl)c2c1F. The summed E-state index contributed by atoms with van der Waals surface area (Å²) in [5, 5.41) is 10.3. The second kappa shape index (κ2) is 3.18. The van der Waals surface area contributed by atoms with Crippen molar-refractivity contribution in [2.24, 2.45) is 0 Å². The van der Waals surface area contributed by atoms with E-state index in [0.717, 1.165) is 11.3 Å². The molecule has 72 valence electrons. The maximum absolute atomic E-state index is 13.4. The van der Waals surface area contributed by atoms with Crippen molar-refractivity contribution in [3.05, 3.63) is 39.2 Å². The van der Waals surface area contributed by atoms with Gasteiger partial charge in [0.2, 0.25) is 5.82 Å². The van der Waals surface area contributed by atoms with E-state index in [-0.39, 0.29) is 10.4 Å². The van der Waals surface area contributed by atoms with Crippen molar-refractivity contribution in [2.45, 2.75) is 0 Å². The second-order valence-corrected chi connectivity index (χ2v) is 4.03. The largest absolute Gasteiger partial charge is 0.360 e. The first-order valence-electron chi connectivity index (χ1n) is 3.62. The number of benzene rings is 1. The first-order valence-corrected chi connectivity index (χ1v) is 4.81. The van der Waals surface area contributed by atoms with Crippen LogP contribution >= 0.6 is 22.9 Å². The highest BCUT2D eigenvalue weighted by molar-refractivity contribution is 7.22. The van der Waals surface area contributed by atoms with Crippen molar-refractivity contribution in [1.29, 1.82) is 0 Å². The summed E-state index contributed by atoms with van der Waals surface area (Å²) in [6.45, 7) is 0. The van der Waals surface area contributed by atoms with E-state index < -0.39 is 15.7 Å². The number of hydrogen-bond acceptors (Lipinski definition) is 3. The van der Waals surface area contributed by atoms with Gasteiger partial charge in [0.15, 0.2) is 0 Å². The van der Waals surface area contributed by atoms with Crippen LogP contribution in [0.2, 0.25) is 5.02 Å². The van der Waals surface area contributed by atoms with Crippen LogP contribution < -0.4 is 0 Å².